The van der Waals surface area contributed by atoms with Crippen LogP contribution >= 0.6 is 15.9 Å². The molecule has 0 aliphatic rings. The quantitative estimate of drug-likeness (QED) is 0.625. The monoisotopic (exact) mass is 339 g/mol. The van der Waals surface area contributed by atoms with Crippen LogP contribution in [-0.2, 0) is 0 Å². The van der Waals surface area contributed by atoms with Gasteiger partial charge in [0.2, 0.25) is 0 Å². The van der Waals surface area contributed by atoms with Crippen LogP contribution in [0.4, 0.5) is 0 Å². The van der Waals surface area contributed by atoms with Crippen LogP contribution in [0.2, 0.25) is 0 Å². The molecule has 0 aliphatic carbocycles. The number of ketones is 1. The molecule has 3 rings (SSSR count). The van der Waals surface area contributed by atoms with E-state index in [0.717, 1.165) is 26.6 Å². The number of carbonyl (C=O) groups is 1. The lowest BCUT2D eigenvalue weighted by Crippen LogP contribution is -2.02. The number of carbonyl (C=O) groups excluding carboxylic acids is 1. The lowest BCUT2D eigenvalue weighted by molar-refractivity contribution is 0.103. The second-order valence-electron chi connectivity index (χ2n) is 5.15. The Morgan fingerprint density at radius 2 is 1.67 bits per heavy atom. The molecular weight excluding hydrogens is 326 g/mol. The molecule has 2 aromatic carbocycles. The molecule has 0 aliphatic heterocycles. The molecule has 1 heterocycles. The summed E-state index contributed by atoms with van der Waals surface area (Å²) < 4.78 is 1.01. The van der Waals surface area contributed by atoms with Crippen LogP contribution in [0.25, 0.3) is 10.9 Å². The number of hydrogen-bond donors (Lipinski definition) is 0. The van der Waals surface area contributed by atoms with Crippen molar-refractivity contribution in [2.75, 3.05) is 0 Å². The molecule has 104 valence electrons. The third-order valence-electron chi connectivity index (χ3n) is 3.51. The van der Waals surface area contributed by atoms with Gasteiger partial charge in [-0.05, 0) is 61.9 Å². The topological polar surface area (TPSA) is 30.0 Å². The highest BCUT2D eigenvalue weighted by Crippen LogP contribution is 2.21. The fourth-order valence-electron chi connectivity index (χ4n) is 2.32. The van der Waals surface area contributed by atoms with Gasteiger partial charge in [0, 0.05) is 26.7 Å². The van der Waals surface area contributed by atoms with E-state index in [0.29, 0.717) is 11.1 Å². The highest BCUT2D eigenvalue weighted by Gasteiger charge is 2.11. The fraction of sp³-hybridized carbons (Fsp3) is 0.111. The van der Waals surface area contributed by atoms with Gasteiger partial charge in [-0.15, -0.1) is 0 Å². The predicted octanol–water partition coefficient (Wildman–Crippen LogP) is 4.85. The summed E-state index contributed by atoms with van der Waals surface area (Å²) in [4.78, 5) is 17.0. The molecule has 0 N–H and O–H groups in total. The van der Waals surface area contributed by atoms with Gasteiger partial charge >= 0.3 is 0 Å². The maximum absolute atomic E-state index is 12.6. The van der Waals surface area contributed by atoms with Crippen molar-refractivity contribution < 1.29 is 4.79 Å². The van der Waals surface area contributed by atoms with Gasteiger partial charge in [0.05, 0.1) is 5.52 Å². The molecule has 3 heteroatoms. The first-order valence-corrected chi connectivity index (χ1v) is 7.52. The summed E-state index contributed by atoms with van der Waals surface area (Å²) >= 11 is 3.45. The number of hydrogen-bond acceptors (Lipinski definition) is 2. The summed E-state index contributed by atoms with van der Waals surface area (Å²) in [5.74, 6) is 0.0353. The number of pyridine rings is 1. The minimum atomic E-state index is 0.0353. The number of aryl methyl sites for hydroxylation is 2. The lowest BCUT2D eigenvalue weighted by atomic mass is 10.00. The van der Waals surface area contributed by atoms with Crippen LogP contribution in [-0.4, -0.2) is 10.8 Å². The number of aromatic nitrogens is 1. The van der Waals surface area contributed by atoms with Crippen molar-refractivity contribution in [2.45, 2.75) is 13.8 Å². The SMILES string of the molecule is Cc1ccc2cc(C(=O)c3ccc(Br)c(C)c3)ccc2n1. The Kier molecular flexibility index (Phi) is 3.60. The van der Waals surface area contributed by atoms with Gasteiger partial charge in [0.25, 0.3) is 0 Å². The Bertz CT molecular complexity index is 855. The second kappa shape index (κ2) is 5.41. The zero-order valence-corrected chi connectivity index (χ0v) is 13.4. The molecule has 0 amide bonds. The molecule has 0 bridgehead atoms. The van der Waals surface area contributed by atoms with Crippen molar-refractivity contribution in [3.63, 3.8) is 0 Å². The van der Waals surface area contributed by atoms with E-state index in [1.165, 1.54) is 0 Å². The van der Waals surface area contributed by atoms with E-state index >= 15 is 0 Å². The van der Waals surface area contributed by atoms with Crippen molar-refractivity contribution in [1.29, 1.82) is 0 Å². The number of nitrogens with zero attached hydrogens (tertiary/aromatic N) is 1. The first-order valence-electron chi connectivity index (χ1n) is 6.73. The first-order chi connectivity index (χ1) is 10.0. The molecule has 21 heavy (non-hydrogen) atoms. The van der Waals surface area contributed by atoms with Crippen molar-refractivity contribution in [1.82, 2.24) is 4.98 Å². The summed E-state index contributed by atoms with van der Waals surface area (Å²) in [5, 5.41) is 0.986. The van der Waals surface area contributed by atoms with Gasteiger partial charge in [-0.3, -0.25) is 9.78 Å². The molecule has 0 spiro atoms. The Hall–Kier alpha value is -2.00. The van der Waals surface area contributed by atoms with Crippen LogP contribution in [0.1, 0.15) is 27.2 Å². The molecule has 0 fully saturated rings. The summed E-state index contributed by atoms with van der Waals surface area (Å²) in [5.41, 5.74) is 4.34. The highest BCUT2D eigenvalue weighted by molar-refractivity contribution is 9.10. The maximum atomic E-state index is 12.6. The third kappa shape index (κ3) is 2.74. The largest absolute Gasteiger partial charge is 0.289 e. The summed E-state index contributed by atoms with van der Waals surface area (Å²) in [6, 6.07) is 15.3. The summed E-state index contributed by atoms with van der Waals surface area (Å²) in [6.07, 6.45) is 0. The smallest absolute Gasteiger partial charge is 0.193 e. The minimum Gasteiger partial charge on any atom is -0.289 e. The Labute approximate surface area is 132 Å². The van der Waals surface area contributed by atoms with Gasteiger partial charge < -0.3 is 0 Å². The van der Waals surface area contributed by atoms with Crippen molar-refractivity contribution in [2.24, 2.45) is 0 Å². The van der Waals surface area contributed by atoms with E-state index in [9.17, 15) is 4.79 Å². The summed E-state index contributed by atoms with van der Waals surface area (Å²) in [7, 11) is 0. The Morgan fingerprint density at radius 1 is 0.952 bits per heavy atom. The normalized spacial score (nSPS) is 10.8. The predicted molar refractivity (Wildman–Crippen MR) is 88.8 cm³/mol. The molecule has 1 aromatic heterocycles. The molecule has 0 radical (unpaired) electrons. The Balaban J connectivity index is 2.04. The summed E-state index contributed by atoms with van der Waals surface area (Å²) in [6.45, 7) is 3.94. The number of rotatable bonds is 2. The van der Waals surface area contributed by atoms with Crippen LogP contribution < -0.4 is 0 Å². The number of benzene rings is 2. The van der Waals surface area contributed by atoms with Gasteiger partial charge in [-0.25, -0.2) is 0 Å². The zero-order chi connectivity index (χ0) is 15.0. The first kappa shape index (κ1) is 14.0. The van der Waals surface area contributed by atoms with Gasteiger partial charge in [-0.1, -0.05) is 22.0 Å². The lowest BCUT2D eigenvalue weighted by Gasteiger charge is -2.06. The van der Waals surface area contributed by atoms with E-state index in [4.69, 9.17) is 0 Å². The van der Waals surface area contributed by atoms with Crippen molar-refractivity contribution in [3.05, 3.63) is 75.4 Å². The van der Waals surface area contributed by atoms with E-state index in [-0.39, 0.29) is 5.78 Å². The molecule has 0 atom stereocenters. The molecule has 0 saturated carbocycles. The van der Waals surface area contributed by atoms with E-state index in [1.54, 1.807) is 0 Å². The van der Waals surface area contributed by atoms with Crippen molar-refractivity contribution in [3.8, 4) is 0 Å². The molecule has 3 aromatic rings. The number of fused-ring (bicyclic) bond motifs is 1. The fourth-order valence-corrected chi connectivity index (χ4v) is 2.57. The Morgan fingerprint density at radius 3 is 2.43 bits per heavy atom. The van der Waals surface area contributed by atoms with E-state index in [2.05, 4.69) is 20.9 Å². The van der Waals surface area contributed by atoms with E-state index < -0.39 is 0 Å². The zero-order valence-electron chi connectivity index (χ0n) is 11.9. The standard InChI is InChI=1S/C18H14BrNO/c1-11-9-14(5-7-16(11)19)18(21)15-6-8-17-13(10-15)4-3-12(2)20-17/h3-10H,1-2H3. The van der Waals surface area contributed by atoms with Gasteiger partial charge in [0.1, 0.15) is 0 Å². The van der Waals surface area contributed by atoms with Gasteiger partial charge in [0.15, 0.2) is 5.78 Å². The molecule has 0 saturated heterocycles. The minimum absolute atomic E-state index is 0.0353. The third-order valence-corrected chi connectivity index (χ3v) is 4.40. The van der Waals surface area contributed by atoms with Crippen molar-refractivity contribution >= 4 is 32.6 Å². The van der Waals surface area contributed by atoms with E-state index in [1.807, 2.05) is 62.4 Å². The van der Waals surface area contributed by atoms with Crippen LogP contribution in [0.5, 0.6) is 0 Å². The average Bonchev–Trinajstić information content (AvgIpc) is 2.49. The number of halogens is 1. The molecule has 2 nitrogen and oxygen atoms in total. The van der Waals surface area contributed by atoms with Crippen LogP contribution in [0.15, 0.2) is 53.0 Å². The maximum Gasteiger partial charge on any atom is 0.193 e. The second-order valence-corrected chi connectivity index (χ2v) is 6.01. The molecule has 0 unspecified atom stereocenters. The highest BCUT2D eigenvalue weighted by atomic mass is 79.9. The van der Waals surface area contributed by atoms with Gasteiger partial charge in [-0.2, -0.15) is 0 Å². The van der Waals surface area contributed by atoms with Crippen LogP contribution in [0.3, 0.4) is 0 Å². The molecular formula is C18H14BrNO. The average molecular weight is 340 g/mol. The van der Waals surface area contributed by atoms with Crippen LogP contribution in [0, 0.1) is 13.8 Å².